The first-order valence-corrected chi connectivity index (χ1v) is 7.21. The summed E-state index contributed by atoms with van der Waals surface area (Å²) in [4.78, 5) is 11.9. The van der Waals surface area contributed by atoms with Gasteiger partial charge in [0.2, 0.25) is 5.91 Å². The fraction of sp³-hybridized carbons (Fsp3) is 0.235. The topological polar surface area (TPSA) is 47.6 Å². The van der Waals surface area contributed by atoms with Crippen LogP contribution in [0.25, 0.3) is 0 Å². The number of carbonyl (C=O) groups is 1. The highest BCUT2D eigenvalue weighted by atomic mass is 19.4. The lowest BCUT2D eigenvalue weighted by atomic mass is 10.1. The van der Waals surface area contributed by atoms with E-state index in [0.29, 0.717) is 5.56 Å². The van der Waals surface area contributed by atoms with Crippen molar-refractivity contribution >= 4 is 5.91 Å². The van der Waals surface area contributed by atoms with Gasteiger partial charge >= 0.3 is 6.36 Å². The number of benzene rings is 2. The third-order valence-electron chi connectivity index (χ3n) is 3.26. The molecule has 0 spiro atoms. The maximum Gasteiger partial charge on any atom is 0.573 e. The third-order valence-corrected chi connectivity index (χ3v) is 3.26. The molecular weight excluding hydrogens is 342 g/mol. The zero-order valence-electron chi connectivity index (χ0n) is 13.2. The minimum Gasteiger partial charge on any atom is -0.494 e. The van der Waals surface area contributed by atoms with Crippen LogP contribution in [0.1, 0.15) is 11.1 Å². The molecule has 0 aliphatic carbocycles. The Balaban J connectivity index is 1.97. The van der Waals surface area contributed by atoms with Gasteiger partial charge in [-0.2, -0.15) is 0 Å². The fourth-order valence-corrected chi connectivity index (χ4v) is 2.14. The summed E-state index contributed by atoms with van der Waals surface area (Å²) in [5.74, 6) is -1.39. The fourth-order valence-electron chi connectivity index (χ4n) is 2.14. The molecule has 0 aliphatic heterocycles. The molecule has 2 rings (SSSR count). The van der Waals surface area contributed by atoms with Crippen molar-refractivity contribution in [1.82, 2.24) is 5.32 Å². The van der Waals surface area contributed by atoms with Gasteiger partial charge in [-0.15, -0.1) is 13.2 Å². The molecule has 25 heavy (non-hydrogen) atoms. The van der Waals surface area contributed by atoms with Crippen LogP contribution in [-0.4, -0.2) is 19.4 Å². The van der Waals surface area contributed by atoms with Gasteiger partial charge in [0.05, 0.1) is 13.5 Å². The van der Waals surface area contributed by atoms with E-state index >= 15 is 0 Å². The number of ether oxygens (including phenoxy) is 2. The standard InChI is InChI=1S/C17H15F4NO3/c1-24-15-7-6-11(8-13(15)18)9-16(23)22-10-12-4-2-3-5-14(12)25-17(19,20)21/h2-8H,9-10H2,1H3,(H,22,23). The van der Waals surface area contributed by atoms with Gasteiger partial charge in [-0.3, -0.25) is 4.79 Å². The molecule has 0 bridgehead atoms. The molecule has 0 aromatic heterocycles. The lowest BCUT2D eigenvalue weighted by Crippen LogP contribution is -2.25. The van der Waals surface area contributed by atoms with Crippen molar-refractivity contribution in [2.45, 2.75) is 19.3 Å². The molecule has 0 fully saturated rings. The molecular formula is C17H15F4NO3. The average Bonchev–Trinajstić information content (AvgIpc) is 2.53. The van der Waals surface area contributed by atoms with Gasteiger partial charge in [0.1, 0.15) is 5.75 Å². The zero-order chi connectivity index (χ0) is 18.4. The van der Waals surface area contributed by atoms with E-state index in [9.17, 15) is 22.4 Å². The summed E-state index contributed by atoms with van der Waals surface area (Å²) in [6.07, 6.45) is -4.94. The summed E-state index contributed by atoms with van der Waals surface area (Å²) in [5, 5.41) is 2.48. The Morgan fingerprint density at radius 2 is 1.84 bits per heavy atom. The number of carbonyl (C=O) groups excluding carboxylic acids is 1. The van der Waals surface area contributed by atoms with E-state index in [4.69, 9.17) is 4.74 Å². The second-order valence-electron chi connectivity index (χ2n) is 5.08. The van der Waals surface area contributed by atoms with Crippen molar-refractivity contribution in [2.75, 3.05) is 7.11 Å². The van der Waals surface area contributed by atoms with Gasteiger partial charge < -0.3 is 14.8 Å². The number of rotatable bonds is 6. The maximum atomic E-state index is 13.6. The lowest BCUT2D eigenvalue weighted by molar-refractivity contribution is -0.274. The van der Waals surface area contributed by atoms with Crippen molar-refractivity contribution in [3.63, 3.8) is 0 Å². The van der Waals surface area contributed by atoms with Crippen LogP contribution in [0.3, 0.4) is 0 Å². The van der Waals surface area contributed by atoms with Gasteiger partial charge in [-0.1, -0.05) is 24.3 Å². The van der Waals surface area contributed by atoms with Crippen LogP contribution in [0.4, 0.5) is 17.6 Å². The molecule has 4 nitrogen and oxygen atoms in total. The Morgan fingerprint density at radius 1 is 1.12 bits per heavy atom. The Hall–Kier alpha value is -2.77. The highest BCUT2D eigenvalue weighted by molar-refractivity contribution is 5.78. The predicted octanol–water partition coefficient (Wildman–Crippen LogP) is 3.59. The van der Waals surface area contributed by atoms with E-state index in [2.05, 4.69) is 10.1 Å². The summed E-state index contributed by atoms with van der Waals surface area (Å²) < 4.78 is 59.3. The number of methoxy groups -OCH3 is 1. The Kier molecular flexibility index (Phi) is 5.84. The smallest absolute Gasteiger partial charge is 0.494 e. The maximum absolute atomic E-state index is 13.6. The van der Waals surface area contributed by atoms with E-state index in [-0.39, 0.29) is 30.0 Å². The van der Waals surface area contributed by atoms with Gasteiger partial charge in [0, 0.05) is 12.1 Å². The van der Waals surface area contributed by atoms with Crippen LogP contribution >= 0.6 is 0 Å². The number of para-hydroxylation sites is 1. The highest BCUT2D eigenvalue weighted by Crippen LogP contribution is 2.26. The monoisotopic (exact) mass is 357 g/mol. The molecule has 0 heterocycles. The van der Waals surface area contributed by atoms with Crippen molar-refractivity contribution < 1.29 is 31.8 Å². The minimum absolute atomic E-state index is 0.0578. The van der Waals surface area contributed by atoms with Crippen LogP contribution in [-0.2, 0) is 17.8 Å². The molecule has 0 unspecified atom stereocenters. The minimum atomic E-state index is -4.82. The van der Waals surface area contributed by atoms with Crippen LogP contribution < -0.4 is 14.8 Å². The Bertz CT molecular complexity index is 747. The zero-order valence-corrected chi connectivity index (χ0v) is 13.2. The first-order valence-electron chi connectivity index (χ1n) is 7.21. The molecule has 0 saturated heterocycles. The van der Waals surface area contributed by atoms with Crippen molar-refractivity contribution in [1.29, 1.82) is 0 Å². The molecule has 0 aliphatic rings. The Labute approximate surface area is 141 Å². The second-order valence-corrected chi connectivity index (χ2v) is 5.08. The summed E-state index contributed by atoms with van der Waals surface area (Å²) in [5.41, 5.74) is 0.588. The molecule has 2 aromatic carbocycles. The highest BCUT2D eigenvalue weighted by Gasteiger charge is 2.31. The number of alkyl halides is 3. The SMILES string of the molecule is COc1ccc(CC(=O)NCc2ccccc2OC(F)(F)F)cc1F. The first-order chi connectivity index (χ1) is 11.8. The van der Waals surface area contributed by atoms with Gasteiger partial charge in [-0.05, 0) is 23.8 Å². The third kappa shape index (κ3) is 5.66. The molecule has 2 aromatic rings. The molecule has 8 heteroatoms. The van der Waals surface area contributed by atoms with E-state index in [1.54, 1.807) is 0 Å². The van der Waals surface area contributed by atoms with Gasteiger partial charge in [0.25, 0.3) is 0 Å². The van der Waals surface area contributed by atoms with Crippen molar-refractivity contribution in [3.8, 4) is 11.5 Å². The second kappa shape index (κ2) is 7.87. The van der Waals surface area contributed by atoms with E-state index in [1.807, 2.05) is 0 Å². The summed E-state index contributed by atoms with van der Waals surface area (Å²) in [6.45, 7) is -0.149. The first kappa shape index (κ1) is 18.6. The molecule has 0 atom stereocenters. The van der Waals surface area contributed by atoms with Crippen LogP contribution in [0.5, 0.6) is 11.5 Å². The van der Waals surface area contributed by atoms with Crippen molar-refractivity contribution in [2.24, 2.45) is 0 Å². The summed E-state index contributed by atoms with van der Waals surface area (Å²) in [7, 11) is 1.32. The number of amides is 1. The van der Waals surface area contributed by atoms with E-state index in [0.717, 1.165) is 6.07 Å². The van der Waals surface area contributed by atoms with Gasteiger partial charge in [0.15, 0.2) is 11.6 Å². The molecule has 0 radical (unpaired) electrons. The van der Waals surface area contributed by atoms with Crippen LogP contribution in [0, 0.1) is 5.82 Å². The quantitative estimate of drug-likeness (QED) is 0.804. The predicted molar refractivity (Wildman–Crippen MR) is 81.6 cm³/mol. The Morgan fingerprint density at radius 3 is 2.48 bits per heavy atom. The number of nitrogens with one attached hydrogen (secondary N) is 1. The largest absolute Gasteiger partial charge is 0.573 e. The van der Waals surface area contributed by atoms with E-state index in [1.165, 1.54) is 43.5 Å². The molecule has 134 valence electrons. The lowest BCUT2D eigenvalue weighted by Gasteiger charge is -2.13. The number of hydrogen-bond acceptors (Lipinski definition) is 3. The summed E-state index contributed by atoms with van der Waals surface area (Å²) in [6, 6.07) is 9.59. The van der Waals surface area contributed by atoms with E-state index < -0.39 is 18.1 Å². The molecule has 1 N–H and O–H groups in total. The summed E-state index contributed by atoms with van der Waals surface area (Å²) >= 11 is 0. The van der Waals surface area contributed by atoms with Gasteiger partial charge in [-0.25, -0.2) is 4.39 Å². The number of halogens is 4. The number of hydrogen-bond donors (Lipinski definition) is 1. The molecule has 0 saturated carbocycles. The van der Waals surface area contributed by atoms with Crippen molar-refractivity contribution in [3.05, 3.63) is 59.4 Å². The normalized spacial score (nSPS) is 11.1. The average molecular weight is 357 g/mol. The van der Waals surface area contributed by atoms with Crippen LogP contribution in [0.15, 0.2) is 42.5 Å². The molecule has 1 amide bonds. The van der Waals surface area contributed by atoms with Crippen LogP contribution in [0.2, 0.25) is 0 Å².